The lowest BCUT2D eigenvalue weighted by atomic mass is 10.2. The maximum Gasteiger partial charge on any atom is 0.262 e. The number of carbonyl (C=O) groups is 2. The molecule has 30 heavy (non-hydrogen) atoms. The van der Waals surface area contributed by atoms with Crippen LogP contribution in [0, 0.1) is 6.92 Å². The molecule has 6 nitrogen and oxygen atoms in total. The van der Waals surface area contributed by atoms with Crippen LogP contribution in [0.15, 0.2) is 72.8 Å². The van der Waals surface area contributed by atoms with Crippen LogP contribution in [-0.4, -0.2) is 25.0 Å². The Kier molecular flexibility index (Phi) is 7.29. The highest BCUT2D eigenvalue weighted by Crippen LogP contribution is 2.25. The molecule has 0 radical (unpaired) electrons. The summed E-state index contributed by atoms with van der Waals surface area (Å²) < 4.78 is 10.9. The van der Waals surface area contributed by atoms with Gasteiger partial charge in [0.2, 0.25) is 0 Å². The van der Waals surface area contributed by atoms with Crippen molar-refractivity contribution in [2.24, 2.45) is 0 Å². The lowest BCUT2D eigenvalue weighted by Crippen LogP contribution is -2.23. The quantitative estimate of drug-likeness (QED) is 0.550. The van der Waals surface area contributed by atoms with E-state index in [0.717, 1.165) is 5.56 Å². The Labute approximate surface area is 179 Å². The zero-order valence-corrected chi connectivity index (χ0v) is 17.1. The molecule has 2 amide bonds. The molecule has 0 aliphatic carbocycles. The molecule has 7 heteroatoms. The van der Waals surface area contributed by atoms with Crippen LogP contribution in [0.1, 0.15) is 5.56 Å². The van der Waals surface area contributed by atoms with E-state index >= 15 is 0 Å². The molecule has 3 rings (SSSR count). The number of anilines is 2. The first-order valence-corrected chi connectivity index (χ1v) is 9.64. The Balaban J connectivity index is 1.59. The predicted octanol–water partition coefficient (Wildman–Crippen LogP) is 4.68. The minimum atomic E-state index is -0.378. The van der Waals surface area contributed by atoms with E-state index in [1.165, 1.54) is 0 Å². The number of hydrogen-bond acceptors (Lipinski definition) is 4. The first kappa shape index (κ1) is 21.2. The van der Waals surface area contributed by atoms with E-state index in [9.17, 15) is 9.59 Å². The summed E-state index contributed by atoms with van der Waals surface area (Å²) in [5.41, 5.74) is 1.86. The van der Waals surface area contributed by atoms with Gasteiger partial charge in [0.15, 0.2) is 13.2 Å². The number of para-hydroxylation sites is 2. The van der Waals surface area contributed by atoms with Gasteiger partial charge in [0.05, 0.1) is 16.4 Å². The highest BCUT2D eigenvalue weighted by molar-refractivity contribution is 6.32. The third-order valence-corrected chi connectivity index (χ3v) is 4.34. The molecular formula is C23H21ClN2O4. The van der Waals surface area contributed by atoms with E-state index in [0.29, 0.717) is 27.9 Å². The largest absolute Gasteiger partial charge is 0.484 e. The van der Waals surface area contributed by atoms with Crippen molar-refractivity contribution in [3.63, 3.8) is 0 Å². The minimum absolute atomic E-state index is 0.152. The molecule has 0 aliphatic heterocycles. The van der Waals surface area contributed by atoms with Crippen LogP contribution in [-0.2, 0) is 9.59 Å². The van der Waals surface area contributed by atoms with Gasteiger partial charge in [-0.15, -0.1) is 0 Å². The zero-order chi connectivity index (χ0) is 21.3. The number of rotatable bonds is 8. The van der Waals surface area contributed by atoms with Crippen LogP contribution in [0.4, 0.5) is 11.4 Å². The van der Waals surface area contributed by atoms with Gasteiger partial charge < -0.3 is 20.1 Å². The second-order valence-corrected chi connectivity index (χ2v) is 6.87. The highest BCUT2D eigenvalue weighted by Gasteiger charge is 2.12. The average molecular weight is 425 g/mol. The number of aryl methyl sites for hydroxylation is 1. The minimum Gasteiger partial charge on any atom is -0.484 e. The van der Waals surface area contributed by atoms with Crippen molar-refractivity contribution in [2.75, 3.05) is 23.8 Å². The Morgan fingerprint density at radius 3 is 2.17 bits per heavy atom. The van der Waals surface area contributed by atoms with E-state index in [1.807, 2.05) is 31.2 Å². The maximum atomic E-state index is 12.3. The van der Waals surface area contributed by atoms with Crippen molar-refractivity contribution in [1.29, 1.82) is 0 Å². The van der Waals surface area contributed by atoms with Gasteiger partial charge in [-0.2, -0.15) is 0 Å². The molecule has 0 heterocycles. The topological polar surface area (TPSA) is 76.7 Å². The summed E-state index contributed by atoms with van der Waals surface area (Å²) in [4.78, 5) is 24.6. The number of ether oxygens (including phenoxy) is 2. The molecule has 0 aliphatic rings. The van der Waals surface area contributed by atoms with Crippen molar-refractivity contribution in [3.8, 4) is 11.5 Å². The second kappa shape index (κ2) is 10.3. The Morgan fingerprint density at radius 2 is 1.43 bits per heavy atom. The van der Waals surface area contributed by atoms with Crippen LogP contribution in [0.25, 0.3) is 0 Å². The first-order chi connectivity index (χ1) is 14.5. The van der Waals surface area contributed by atoms with Crippen LogP contribution in [0.5, 0.6) is 11.5 Å². The van der Waals surface area contributed by atoms with Gasteiger partial charge in [-0.05, 0) is 48.9 Å². The van der Waals surface area contributed by atoms with Crippen LogP contribution < -0.4 is 20.1 Å². The second-order valence-electron chi connectivity index (χ2n) is 6.47. The first-order valence-electron chi connectivity index (χ1n) is 9.27. The van der Waals surface area contributed by atoms with E-state index in [-0.39, 0.29) is 25.0 Å². The van der Waals surface area contributed by atoms with E-state index in [4.69, 9.17) is 21.1 Å². The normalized spacial score (nSPS) is 10.2. The van der Waals surface area contributed by atoms with Gasteiger partial charge in [0.25, 0.3) is 11.8 Å². The number of benzene rings is 3. The lowest BCUT2D eigenvalue weighted by Gasteiger charge is -2.14. The van der Waals surface area contributed by atoms with Gasteiger partial charge in [0, 0.05) is 0 Å². The smallest absolute Gasteiger partial charge is 0.262 e. The average Bonchev–Trinajstić information content (AvgIpc) is 2.74. The number of nitrogens with one attached hydrogen (secondary N) is 2. The van der Waals surface area contributed by atoms with E-state index in [2.05, 4.69) is 10.6 Å². The van der Waals surface area contributed by atoms with Gasteiger partial charge in [0.1, 0.15) is 11.5 Å². The van der Waals surface area contributed by atoms with E-state index in [1.54, 1.807) is 48.5 Å². The summed E-state index contributed by atoms with van der Waals surface area (Å²) in [5.74, 6) is 0.300. The molecule has 0 spiro atoms. The summed E-state index contributed by atoms with van der Waals surface area (Å²) in [6.07, 6.45) is 0. The molecule has 2 N–H and O–H groups in total. The highest BCUT2D eigenvalue weighted by atomic mass is 35.5. The summed E-state index contributed by atoms with van der Waals surface area (Å²) in [7, 11) is 0. The van der Waals surface area contributed by atoms with Crippen molar-refractivity contribution >= 4 is 34.8 Å². The summed E-state index contributed by atoms with van der Waals surface area (Å²) in [5, 5.41) is 5.94. The monoisotopic (exact) mass is 424 g/mol. The number of amides is 2. The molecule has 0 fully saturated rings. The molecule has 0 bridgehead atoms. The Bertz CT molecular complexity index is 1020. The van der Waals surface area contributed by atoms with Gasteiger partial charge in [-0.1, -0.05) is 48.0 Å². The fourth-order valence-corrected chi connectivity index (χ4v) is 2.80. The van der Waals surface area contributed by atoms with Gasteiger partial charge >= 0.3 is 0 Å². The number of halogens is 1. The van der Waals surface area contributed by atoms with Crippen molar-refractivity contribution in [3.05, 3.63) is 83.4 Å². The standard InChI is InChI=1S/C23H21ClN2O4/c1-16-11-12-19(25-22(27)14-29-17-7-3-2-4-8-17)20(13-16)26-23(28)15-30-21-10-6-5-9-18(21)24/h2-13H,14-15H2,1H3,(H,25,27)(H,26,28). The number of hydrogen-bond donors (Lipinski definition) is 2. The Morgan fingerprint density at radius 1 is 0.800 bits per heavy atom. The molecule has 3 aromatic rings. The lowest BCUT2D eigenvalue weighted by molar-refractivity contribution is -0.119. The fraction of sp³-hybridized carbons (Fsp3) is 0.130. The molecule has 0 saturated carbocycles. The van der Waals surface area contributed by atoms with Crippen molar-refractivity contribution < 1.29 is 19.1 Å². The van der Waals surface area contributed by atoms with Crippen LogP contribution in [0.2, 0.25) is 5.02 Å². The van der Waals surface area contributed by atoms with Crippen LogP contribution in [0.3, 0.4) is 0 Å². The summed E-state index contributed by atoms with van der Waals surface area (Å²) in [6, 6.07) is 21.3. The van der Waals surface area contributed by atoms with E-state index < -0.39 is 0 Å². The predicted molar refractivity (Wildman–Crippen MR) is 117 cm³/mol. The maximum absolute atomic E-state index is 12.3. The van der Waals surface area contributed by atoms with Gasteiger partial charge in [-0.25, -0.2) is 0 Å². The number of carbonyl (C=O) groups excluding carboxylic acids is 2. The summed E-state index contributed by atoms with van der Waals surface area (Å²) >= 11 is 6.03. The molecular weight excluding hydrogens is 404 g/mol. The molecule has 154 valence electrons. The fourth-order valence-electron chi connectivity index (χ4n) is 2.61. The van der Waals surface area contributed by atoms with Crippen molar-refractivity contribution in [2.45, 2.75) is 6.92 Å². The SMILES string of the molecule is Cc1ccc(NC(=O)COc2ccccc2)c(NC(=O)COc2ccccc2Cl)c1. The molecule has 3 aromatic carbocycles. The van der Waals surface area contributed by atoms with Gasteiger partial charge in [-0.3, -0.25) is 9.59 Å². The third-order valence-electron chi connectivity index (χ3n) is 4.03. The molecule has 0 atom stereocenters. The van der Waals surface area contributed by atoms with Crippen LogP contribution >= 0.6 is 11.6 Å². The summed E-state index contributed by atoms with van der Waals surface area (Å²) in [6.45, 7) is 1.52. The van der Waals surface area contributed by atoms with Crippen molar-refractivity contribution in [1.82, 2.24) is 0 Å². The zero-order valence-electron chi connectivity index (χ0n) is 16.4. The molecule has 0 aromatic heterocycles. The Hall–Kier alpha value is -3.51. The molecule has 0 unspecified atom stereocenters. The molecule has 0 saturated heterocycles. The third kappa shape index (κ3) is 6.25.